The second-order valence-electron chi connectivity index (χ2n) is 4.89. The second kappa shape index (κ2) is 6.84. The van der Waals surface area contributed by atoms with Gasteiger partial charge in [0.2, 0.25) is 0 Å². The van der Waals surface area contributed by atoms with Crippen LogP contribution >= 0.6 is 11.8 Å². The standard InChI is InChI=1S/C12H19FO6S/c1-6(14)17-5-8(20-7(2)15)9(13)10-11(16)19-12(3,4)18-10/h8-11,16H,5H2,1-4H3/t8-,9+,10-,11-/m1/s1. The Morgan fingerprint density at radius 2 is 2.00 bits per heavy atom. The van der Waals surface area contributed by atoms with Gasteiger partial charge in [-0.1, -0.05) is 11.8 Å². The number of alkyl halides is 1. The molecule has 0 saturated carbocycles. The number of halogens is 1. The molecular formula is C12H19FO6S. The molecular weight excluding hydrogens is 291 g/mol. The second-order valence-corrected chi connectivity index (χ2v) is 6.30. The lowest BCUT2D eigenvalue weighted by atomic mass is 10.1. The van der Waals surface area contributed by atoms with E-state index in [0.29, 0.717) is 11.8 Å². The highest BCUT2D eigenvalue weighted by Crippen LogP contribution is 2.33. The predicted octanol–water partition coefficient (Wildman–Crippen LogP) is 1.01. The topological polar surface area (TPSA) is 82.1 Å². The van der Waals surface area contributed by atoms with Crippen molar-refractivity contribution in [2.45, 2.75) is 57.3 Å². The van der Waals surface area contributed by atoms with Gasteiger partial charge in [-0.3, -0.25) is 9.59 Å². The van der Waals surface area contributed by atoms with Gasteiger partial charge in [0.25, 0.3) is 0 Å². The van der Waals surface area contributed by atoms with Crippen LogP contribution in [0.5, 0.6) is 0 Å². The Morgan fingerprint density at radius 1 is 1.40 bits per heavy atom. The highest BCUT2D eigenvalue weighted by molar-refractivity contribution is 8.14. The first-order valence-electron chi connectivity index (χ1n) is 6.11. The lowest BCUT2D eigenvalue weighted by molar-refractivity contribution is -0.175. The number of hydrogen-bond acceptors (Lipinski definition) is 7. The van der Waals surface area contributed by atoms with Crippen molar-refractivity contribution in [3.63, 3.8) is 0 Å². The number of carbonyl (C=O) groups excluding carboxylic acids is 2. The van der Waals surface area contributed by atoms with Crippen molar-refractivity contribution < 1.29 is 33.3 Å². The van der Waals surface area contributed by atoms with Gasteiger partial charge in [0.1, 0.15) is 18.9 Å². The van der Waals surface area contributed by atoms with E-state index >= 15 is 0 Å². The number of aliphatic hydroxyl groups is 1. The Kier molecular flexibility index (Phi) is 5.93. The van der Waals surface area contributed by atoms with E-state index in [4.69, 9.17) is 14.2 Å². The van der Waals surface area contributed by atoms with Crippen LogP contribution in [0.1, 0.15) is 27.7 Å². The lowest BCUT2D eigenvalue weighted by Crippen LogP contribution is -2.41. The molecule has 1 N–H and O–H groups in total. The van der Waals surface area contributed by atoms with Gasteiger partial charge in [-0.15, -0.1) is 0 Å². The predicted molar refractivity (Wildman–Crippen MR) is 69.6 cm³/mol. The van der Waals surface area contributed by atoms with Crippen LogP contribution in [0.3, 0.4) is 0 Å². The molecule has 4 atom stereocenters. The van der Waals surface area contributed by atoms with Crippen LogP contribution in [-0.4, -0.2) is 52.4 Å². The van der Waals surface area contributed by atoms with Gasteiger partial charge in [-0.2, -0.15) is 0 Å². The largest absolute Gasteiger partial charge is 0.465 e. The van der Waals surface area contributed by atoms with E-state index in [-0.39, 0.29) is 11.7 Å². The summed E-state index contributed by atoms with van der Waals surface area (Å²) in [6.07, 6.45) is -4.40. The van der Waals surface area contributed by atoms with Crippen LogP contribution in [0, 0.1) is 0 Å². The molecule has 0 aromatic carbocycles. The van der Waals surface area contributed by atoms with E-state index < -0.39 is 35.6 Å². The van der Waals surface area contributed by atoms with Crippen LogP contribution < -0.4 is 0 Å². The van der Waals surface area contributed by atoms with Gasteiger partial charge in [-0.05, 0) is 13.8 Å². The van der Waals surface area contributed by atoms with E-state index in [1.54, 1.807) is 13.8 Å². The number of aliphatic hydroxyl groups excluding tert-OH is 1. The van der Waals surface area contributed by atoms with E-state index in [2.05, 4.69) is 0 Å². The zero-order chi connectivity index (χ0) is 15.5. The number of thioether (sulfide) groups is 1. The van der Waals surface area contributed by atoms with Crippen LogP contribution in [0.2, 0.25) is 0 Å². The molecule has 1 aliphatic heterocycles. The molecule has 8 heteroatoms. The van der Waals surface area contributed by atoms with Crippen LogP contribution in [-0.2, 0) is 23.8 Å². The summed E-state index contributed by atoms with van der Waals surface area (Å²) in [5.41, 5.74) is 0. The summed E-state index contributed by atoms with van der Waals surface area (Å²) in [6.45, 7) is 5.28. The number of esters is 1. The SMILES string of the molecule is CC(=O)OC[C@@H](SC(C)=O)[C@H](F)[C@H]1OC(C)(C)O[C@H]1O. The molecule has 1 saturated heterocycles. The van der Waals surface area contributed by atoms with E-state index in [9.17, 15) is 19.1 Å². The molecule has 1 aliphatic rings. The van der Waals surface area contributed by atoms with Gasteiger partial charge in [0.05, 0.1) is 5.25 Å². The van der Waals surface area contributed by atoms with Crippen molar-refractivity contribution in [3.8, 4) is 0 Å². The Morgan fingerprint density at radius 3 is 2.40 bits per heavy atom. The molecule has 0 aromatic rings. The minimum Gasteiger partial charge on any atom is -0.465 e. The zero-order valence-electron chi connectivity index (χ0n) is 11.8. The number of hydrogen-bond donors (Lipinski definition) is 1. The summed E-state index contributed by atoms with van der Waals surface area (Å²) in [7, 11) is 0. The van der Waals surface area contributed by atoms with Gasteiger partial charge in [0.15, 0.2) is 17.2 Å². The minimum atomic E-state index is -1.72. The third kappa shape index (κ3) is 5.01. The summed E-state index contributed by atoms with van der Waals surface area (Å²) >= 11 is 0.701. The van der Waals surface area contributed by atoms with Crippen LogP contribution in [0.15, 0.2) is 0 Å². The fourth-order valence-electron chi connectivity index (χ4n) is 1.81. The Bertz CT molecular complexity index is 375. The van der Waals surface area contributed by atoms with E-state index in [1.165, 1.54) is 13.8 Å². The molecule has 0 bridgehead atoms. The lowest BCUT2D eigenvalue weighted by Gasteiger charge is -2.24. The number of ether oxygens (including phenoxy) is 3. The Balaban J connectivity index is 2.73. The first kappa shape index (κ1) is 17.4. The molecule has 1 rings (SSSR count). The third-order valence-corrected chi connectivity index (χ3v) is 3.57. The van der Waals surface area contributed by atoms with E-state index in [1.807, 2.05) is 0 Å². The monoisotopic (exact) mass is 310 g/mol. The first-order chi connectivity index (χ1) is 9.12. The average molecular weight is 310 g/mol. The van der Waals surface area contributed by atoms with Crippen molar-refractivity contribution in [1.29, 1.82) is 0 Å². The van der Waals surface area contributed by atoms with E-state index in [0.717, 1.165) is 0 Å². The van der Waals surface area contributed by atoms with Crippen molar-refractivity contribution in [3.05, 3.63) is 0 Å². The summed E-state index contributed by atoms with van der Waals surface area (Å²) in [6, 6.07) is 0. The number of carbonyl (C=O) groups is 2. The molecule has 0 unspecified atom stereocenters. The fourth-order valence-corrected chi connectivity index (χ4v) is 2.66. The maximum absolute atomic E-state index is 14.4. The molecule has 0 aromatic heterocycles. The van der Waals surface area contributed by atoms with Gasteiger partial charge >= 0.3 is 5.97 Å². The summed E-state index contributed by atoms with van der Waals surface area (Å²) in [4.78, 5) is 21.9. The highest BCUT2D eigenvalue weighted by Gasteiger charge is 2.47. The van der Waals surface area contributed by atoms with Gasteiger partial charge in [0, 0.05) is 13.8 Å². The summed E-state index contributed by atoms with van der Waals surface area (Å²) in [5, 5.41) is 8.38. The van der Waals surface area contributed by atoms with Gasteiger partial charge < -0.3 is 19.3 Å². The first-order valence-corrected chi connectivity index (χ1v) is 6.98. The summed E-state index contributed by atoms with van der Waals surface area (Å²) in [5.74, 6) is -1.68. The maximum atomic E-state index is 14.4. The molecule has 0 spiro atoms. The Labute approximate surface area is 120 Å². The highest BCUT2D eigenvalue weighted by atomic mass is 32.2. The van der Waals surface area contributed by atoms with Crippen molar-refractivity contribution in [1.82, 2.24) is 0 Å². The molecule has 0 amide bonds. The molecule has 1 heterocycles. The molecule has 0 aliphatic carbocycles. The minimum absolute atomic E-state index is 0.284. The fraction of sp³-hybridized carbons (Fsp3) is 0.833. The van der Waals surface area contributed by atoms with Gasteiger partial charge in [-0.25, -0.2) is 4.39 Å². The summed E-state index contributed by atoms with van der Waals surface area (Å²) < 4.78 is 29.5. The maximum Gasteiger partial charge on any atom is 0.302 e. The molecule has 0 radical (unpaired) electrons. The Hall–Kier alpha value is -0.700. The average Bonchev–Trinajstić information content (AvgIpc) is 2.56. The molecule has 6 nitrogen and oxygen atoms in total. The van der Waals surface area contributed by atoms with Crippen LogP contribution in [0.25, 0.3) is 0 Å². The molecule has 1 fully saturated rings. The normalized spacial score (nSPS) is 27.9. The smallest absolute Gasteiger partial charge is 0.302 e. The van der Waals surface area contributed by atoms with Crippen LogP contribution in [0.4, 0.5) is 4.39 Å². The zero-order valence-corrected chi connectivity index (χ0v) is 12.6. The van der Waals surface area contributed by atoms with Crippen molar-refractivity contribution >= 4 is 22.8 Å². The quantitative estimate of drug-likeness (QED) is 0.759. The van der Waals surface area contributed by atoms with Crippen molar-refractivity contribution in [2.75, 3.05) is 6.61 Å². The molecule has 20 heavy (non-hydrogen) atoms. The number of rotatable bonds is 5. The van der Waals surface area contributed by atoms with Crippen molar-refractivity contribution in [2.24, 2.45) is 0 Å². The molecule has 116 valence electrons. The third-order valence-electron chi connectivity index (χ3n) is 2.54.